The van der Waals surface area contributed by atoms with Crippen LogP contribution >= 0.6 is 11.7 Å². The molecule has 1 heterocycles. The summed E-state index contributed by atoms with van der Waals surface area (Å²) < 4.78 is 41.6. The number of benzene rings is 2. The van der Waals surface area contributed by atoms with Crippen LogP contribution in [0.5, 0.6) is 0 Å². The molecule has 0 saturated carbocycles. The van der Waals surface area contributed by atoms with Crippen LogP contribution in [0.4, 0.5) is 10.1 Å². The van der Waals surface area contributed by atoms with Crippen LogP contribution in [-0.2, 0) is 15.7 Å². The Morgan fingerprint density at radius 3 is 2.62 bits per heavy atom. The third-order valence-corrected chi connectivity index (χ3v) is 4.81. The third-order valence-electron chi connectivity index (χ3n) is 3.14. The molecule has 24 heavy (non-hydrogen) atoms. The second kappa shape index (κ2) is 7.02. The number of nitrogens with zero attached hydrogens (tertiary/aromatic N) is 2. The number of hydrogen-bond donors (Lipinski definition) is 1. The zero-order valence-corrected chi connectivity index (χ0v) is 14.1. The minimum atomic E-state index is -1.65. The maximum atomic E-state index is 13.6. The second-order valence-electron chi connectivity index (χ2n) is 4.68. The van der Waals surface area contributed by atoms with Crippen molar-refractivity contribution in [3.8, 4) is 0 Å². The SMILES string of the molecule is CCOC(=O)c1ccc(NS(=O)c2ccc(F)c3nsnc23)cc1. The van der Waals surface area contributed by atoms with Crippen molar-refractivity contribution < 1.29 is 18.1 Å². The van der Waals surface area contributed by atoms with Gasteiger partial charge in [0.1, 0.15) is 11.0 Å². The molecule has 1 atom stereocenters. The van der Waals surface area contributed by atoms with E-state index in [-0.39, 0.29) is 11.0 Å². The lowest BCUT2D eigenvalue weighted by Crippen LogP contribution is -2.07. The molecule has 1 aromatic heterocycles. The van der Waals surface area contributed by atoms with Gasteiger partial charge < -0.3 is 9.46 Å². The molecule has 9 heteroatoms. The van der Waals surface area contributed by atoms with Crippen molar-refractivity contribution in [2.45, 2.75) is 11.8 Å². The van der Waals surface area contributed by atoms with Gasteiger partial charge in [-0.2, -0.15) is 8.75 Å². The van der Waals surface area contributed by atoms with Crippen LogP contribution in [0.1, 0.15) is 17.3 Å². The van der Waals surface area contributed by atoms with Gasteiger partial charge >= 0.3 is 5.97 Å². The van der Waals surface area contributed by atoms with E-state index in [1.165, 1.54) is 12.1 Å². The van der Waals surface area contributed by atoms with Crippen LogP contribution in [0.25, 0.3) is 11.0 Å². The Balaban J connectivity index is 1.80. The maximum Gasteiger partial charge on any atom is 0.338 e. The van der Waals surface area contributed by atoms with Gasteiger partial charge in [-0.1, -0.05) is 0 Å². The molecular weight excluding hydrogens is 353 g/mol. The first kappa shape index (κ1) is 16.5. The van der Waals surface area contributed by atoms with E-state index >= 15 is 0 Å². The molecule has 0 aliphatic heterocycles. The number of ether oxygens (including phenoxy) is 1. The zero-order chi connectivity index (χ0) is 17.1. The van der Waals surface area contributed by atoms with Gasteiger partial charge in [0.25, 0.3) is 0 Å². The summed E-state index contributed by atoms with van der Waals surface area (Å²) in [4.78, 5) is 11.9. The number of carbonyl (C=O) groups is 1. The van der Waals surface area contributed by atoms with Crippen LogP contribution in [0.3, 0.4) is 0 Å². The fourth-order valence-corrected chi connectivity index (χ4v) is 3.60. The van der Waals surface area contributed by atoms with E-state index < -0.39 is 22.8 Å². The fourth-order valence-electron chi connectivity index (χ4n) is 2.01. The summed E-state index contributed by atoms with van der Waals surface area (Å²) in [5.41, 5.74) is 1.32. The van der Waals surface area contributed by atoms with E-state index in [0.717, 1.165) is 11.7 Å². The van der Waals surface area contributed by atoms with Gasteiger partial charge in [0, 0.05) is 5.69 Å². The summed E-state index contributed by atoms with van der Waals surface area (Å²) in [6, 6.07) is 9.00. The lowest BCUT2D eigenvalue weighted by atomic mass is 10.2. The minimum Gasteiger partial charge on any atom is -0.462 e. The number of fused-ring (bicyclic) bond motifs is 1. The van der Waals surface area contributed by atoms with Crippen LogP contribution in [0.15, 0.2) is 41.3 Å². The Morgan fingerprint density at radius 1 is 1.21 bits per heavy atom. The number of hydrogen-bond acceptors (Lipinski definition) is 6. The molecule has 2 aromatic carbocycles. The van der Waals surface area contributed by atoms with Crippen molar-refractivity contribution in [3.05, 3.63) is 47.8 Å². The lowest BCUT2D eigenvalue weighted by molar-refractivity contribution is 0.0526. The molecule has 0 spiro atoms. The molecule has 0 radical (unpaired) electrons. The normalized spacial score (nSPS) is 12.1. The summed E-state index contributed by atoms with van der Waals surface area (Å²) in [6.07, 6.45) is 0. The van der Waals surface area contributed by atoms with Crippen molar-refractivity contribution in [1.29, 1.82) is 0 Å². The largest absolute Gasteiger partial charge is 0.462 e. The Bertz CT molecular complexity index is 912. The molecule has 0 aliphatic carbocycles. The van der Waals surface area contributed by atoms with Crippen molar-refractivity contribution in [3.63, 3.8) is 0 Å². The van der Waals surface area contributed by atoms with Crippen molar-refractivity contribution in [1.82, 2.24) is 8.75 Å². The molecular formula is C15H12FN3O3S2. The number of anilines is 1. The average molecular weight is 365 g/mol. The standard InChI is InChI=1S/C15H12FN3O3S2/c1-2-22-15(20)9-3-5-10(6-4-9)19-24(21)12-8-7-11(16)13-14(12)18-23-17-13/h3-8,19H,2H2,1H3. The second-order valence-corrected chi connectivity index (χ2v) is 6.39. The smallest absolute Gasteiger partial charge is 0.338 e. The molecule has 124 valence electrons. The highest BCUT2D eigenvalue weighted by Gasteiger charge is 2.15. The van der Waals surface area contributed by atoms with E-state index in [1.807, 2.05) is 0 Å². The number of esters is 1. The maximum absolute atomic E-state index is 13.6. The molecule has 0 saturated heterocycles. The quantitative estimate of drug-likeness (QED) is 0.703. The van der Waals surface area contributed by atoms with Gasteiger partial charge in [-0.05, 0) is 43.3 Å². The Hall–Kier alpha value is -2.39. The van der Waals surface area contributed by atoms with E-state index in [2.05, 4.69) is 13.5 Å². The first-order valence-corrected chi connectivity index (χ1v) is 8.84. The van der Waals surface area contributed by atoms with E-state index in [9.17, 15) is 13.4 Å². The van der Waals surface area contributed by atoms with Crippen LogP contribution in [-0.4, -0.2) is 25.5 Å². The highest BCUT2D eigenvalue weighted by Crippen LogP contribution is 2.23. The molecule has 0 bridgehead atoms. The summed E-state index contributed by atoms with van der Waals surface area (Å²) in [6.45, 7) is 2.03. The highest BCUT2D eigenvalue weighted by molar-refractivity contribution is 7.86. The summed E-state index contributed by atoms with van der Waals surface area (Å²) in [5.74, 6) is -0.919. The minimum absolute atomic E-state index is 0.102. The molecule has 1 N–H and O–H groups in total. The molecule has 0 aliphatic rings. The Morgan fingerprint density at radius 2 is 1.92 bits per heavy atom. The fraction of sp³-hybridized carbons (Fsp3) is 0.133. The first-order chi connectivity index (χ1) is 11.6. The molecule has 3 aromatic rings. The van der Waals surface area contributed by atoms with Gasteiger partial charge in [-0.25, -0.2) is 13.4 Å². The highest BCUT2D eigenvalue weighted by atomic mass is 32.2. The lowest BCUT2D eigenvalue weighted by Gasteiger charge is -2.07. The number of nitrogens with one attached hydrogen (secondary N) is 1. The monoisotopic (exact) mass is 365 g/mol. The van der Waals surface area contributed by atoms with Gasteiger partial charge in [-0.15, -0.1) is 0 Å². The molecule has 0 amide bonds. The Kier molecular flexibility index (Phi) is 4.81. The van der Waals surface area contributed by atoms with Crippen LogP contribution < -0.4 is 4.72 Å². The molecule has 3 rings (SSSR count). The molecule has 0 fully saturated rings. The summed E-state index contributed by atoms with van der Waals surface area (Å²) in [7, 11) is -1.65. The van der Waals surface area contributed by atoms with Crippen LogP contribution in [0, 0.1) is 5.82 Å². The Labute approximate surface area is 143 Å². The van der Waals surface area contributed by atoms with E-state index in [0.29, 0.717) is 22.8 Å². The molecule has 1 unspecified atom stereocenters. The number of halogens is 1. The van der Waals surface area contributed by atoms with Gasteiger partial charge in [0.15, 0.2) is 16.8 Å². The van der Waals surface area contributed by atoms with Crippen molar-refractivity contribution in [2.75, 3.05) is 11.3 Å². The predicted octanol–water partition coefficient (Wildman–Crippen LogP) is 3.14. The van der Waals surface area contributed by atoms with Crippen LogP contribution in [0.2, 0.25) is 0 Å². The number of rotatable bonds is 5. The summed E-state index contributed by atoms with van der Waals surface area (Å²) in [5, 5.41) is 0. The first-order valence-electron chi connectivity index (χ1n) is 6.96. The van der Waals surface area contributed by atoms with E-state index in [1.54, 1.807) is 31.2 Å². The van der Waals surface area contributed by atoms with Gasteiger partial charge in [0.2, 0.25) is 0 Å². The van der Waals surface area contributed by atoms with E-state index in [4.69, 9.17) is 4.74 Å². The summed E-state index contributed by atoms with van der Waals surface area (Å²) >= 11 is 0.861. The topological polar surface area (TPSA) is 81.2 Å². The van der Waals surface area contributed by atoms with Gasteiger partial charge in [-0.3, -0.25) is 0 Å². The molecule has 6 nitrogen and oxygen atoms in total. The predicted molar refractivity (Wildman–Crippen MR) is 89.8 cm³/mol. The van der Waals surface area contributed by atoms with Gasteiger partial charge in [0.05, 0.1) is 28.8 Å². The average Bonchev–Trinajstić information content (AvgIpc) is 3.06. The number of aromatic nitrogens is 2. The van der Waals surface area contributed by atoms with Crippen molar-refractivity contribution >= 4 is 45.4 Å². The van der Waals surface area contributed by atoms with Crippen molar-refractivity contribution in [2.24, 2.45) is 0 Å². The zero-order valence-electron chi connectivity index (χ0n) is 12.5. The number of carbonyl (C=O) groups excluding carboxylic acids is 1. The third kappa shape index (κ3) is 3.26.